The maximum Gasteiger partial charge on any atom is 0.253 e. The van der Waals surface area contributed by atoms with Gasteiger partial charge in [0.2, 0.25) is 0 Å². The molecule has 1 fully saturated rings. The number of hydrogen-bond acceptors (Lipinski definition) is 3. The van der Waals surface area contributed by atoms with Gasteiger partial charge in [-0.1, -0.05) is 0 Å². The molecule has 0 spiro atoms. The molecule has 1 unspecified atom stereocenters. The molecule has 5 heteroatoms. The van der Waals surface area contributed by atoms with Crippen molar-refractivity contribution < 1.29 is 14.6 Å². The monoisotopic (exact) mass is 344 g/mol. The lowest BCUT2D eigenvalue weighted by Crippen LogP contribution is -2.35. The van der Waals surface area contributed by atoms with Gasteiger partial charge in [0.15, 0.2) is 0 Å². The normalized spacial score (nSPS) is 15.6. The fraction of sp³-hybridized carbons (Fsp3) is 0.550. The summed E-state index contributed by atoms with van der Waals surface area (Å²) in [5.74, 6) is 0.334. The lowest BCUT2D eigenvalue weighted by Gasteiger charge is -2.21. The van der Waals surface area contributed by atoms with Gasteiger partial charge < -0.3 is 19.3 Å². The Hall–Kier alpha value is -1.85. The number of benzene rings is 1. The fourth-order valence-electron chi connectivity index (χ4n) is 3.47. The average Bonchev–Trinajstić information content (AvgIpc) is 3.42. The molecule has 25 heavy (non-hydrogen) atoms. The maximum atomic E-state index is 12.7. The van der Waals surface area contributed by atoms with Gasteiger partial charge in [0.25, 0.3) is 5.91 Å². The number of aryl methyl sites for hydroxylation is 1. The number of aliphatic hydroxyl groups is 1. The lowest BCUT2D eigenvalue weighted by molar-refractivity contribution is 0.0645. The predicted molar refractivity (Wildman–Crippen MR) is 99.0 cm³/mol. The second kappa shape index (κ2) is 7.18. The number of likely N-dealkylation sites (N-methyl/N-ethyl adjacent to an activating group) is 1. The van der Waals surface area contributed by atoms with Crippen molar-refractivity contribution in [2.24, 2.45) is 5.92 Å². The van der Waals surface area contributed by atoms with Gasteiger partial charge in [-0.2, -0.15) is 0 Å². The molecule has 0 saturated heterocycles. The Labute approximate surface area is 149 Å². The summed E-state index contributed by atoms with van der Waals surface area (Å²) < 4.78 is 7.45. The number of carbonyl (C=O) groups is 1. The van der Waals surface area contributed by atoms with Crippen LogP contribution in [0.25, 0.3) is 10.9 Å². The molecule has 2 aromatic rings. The van der Waals surface area contributed by atoms with Gasteiger partial charge in [0, 0.05) is 49.4 Å². The zero-order valence-corrected chi connectivity index (χ0v) is 15.6. The highest BCUT2D eigenvalue weighted by Gasteiger charge is 2.31. The molecule has 3 rings (SSSR count). The van der Waals surface area contributed by atoms with Crippen molar-refractivity contribution in [1.29, 1.82) is 0 Å². The molecule has 0 radical (unpaired) electrons. The van der Waals surface area contributed by atoms with Crippen LogP contribution in [0.2, 0.25) is 0 Å². The molecule has 136 valence electrons. The second-order valence-corrected chi connectivity index (χ2v) is 7.18. The number of carbonyl (C=O) groups excluding carboxylic acids is 1. The Kier molecular flexibility index (Phi) is 5.16. The molecule has 1 aliphatic rings. The maximum absolute atomic E-state index is 12.7. The zero-order valence-electron chi connectivity index (χ0n) is 15.6. The van der Waals surface area contributed by atoms with E-state index in [9.17, 15) is 9.90 Å². The molecule has 5 nitrogen and oxygen atoms in total. The van der Waals surface area contributed by atoms with Gasteiger partial charge in [0.05, 0.1) is 12.7 Å². The topological polar surface area (TPSA) is 54.7 Å². The Balaban J connectivity index is 1.85. The molecular formula is C20H28N2O3. The van der Waals surface area contributed by atoms with E-state index in [1.165, 1.54) is 11.3 Å². The molecular weight excluding hydrogens is 316 g/mol. The molecule has 1 N–H and O–H groups in total. The van der Waals surface area contributed by atoms with Crippen LogP contribution in [0.3, 0.4) is 0 Å². The van der Waals surface area contributed by atoms with Gasteiger partial charge in [-0.3, -0.25) is 4.79 Å². The highest BCUT2D eigenvalue weighted by molar-refractivity contribution is 5.99. The standard InChI is InChI=1S/C20H28N2O3/c1-13-14(2)22(9-10-25-4)18-8-7-16(11-17(13)18)20(24)21(3)12-19(23)15-5-6-15/h7-8,11,15,19,23H,5-6,9-10,12H2,1-4H3. The van der Waals surface area contributed by atoms with E-state index >= 15 is 0 Å². The van der Waals surface area contributed by atoms with Crippen LogP contribution in [0.4, 0.5) is 0 Å². The molecule has 1 heterocycles. The number of aromatic nitrogens is 1. The van der Waals surface area contributed by atoms with Gasteiger partial charge in [0.1, 0.15) is 0 Å². The summed E-state index contributed by atoms with van der Waals surface area (Å²) in [5, 5.41) is 11.2. The first kappa shape index (κ1) is 18.0. The number of rotatable bonds is 7. The number of ether oxygens (including phenoxy) is 1. The fourth-order valence-corrected chi connectivity index (χ4v) is 3.47. The van der Waals surface area contributed by atoms with Gasteiger partial charge in [-0.15, -0.1) is 0 Å². The van der Waals surface area contributed by atoms with Crippen molar-refractivity contribution >= 4 is 16.8 Å². The minimum atomic E-state index is -0.406. The highest BCUT2D eigenvalue weighted by atomic mass is 16.5. The van der Waals surface area contributed by atoms with Crippen LogP contribution in [-0.2, 0) is 11.3 Å². The van der Waals surface area contributed by atoms with Crippen LogP contribution in [0.15, 0.2) is 18.2 Å². The van der Waals surface area contributed by atoms with E-state index in [0.29, 0.717) is 24.6 Å². The van der Waals surface area contributed by atoms with Crippen molar-refractivity contribution in [1.82, 2.24) is 9.47 Å². The number of aliphatic hydroxyl groups excluding tert-OH is 1. The number of nitrogens with zero attached hydrogens (tertiary/aromatic N) is 2. The molecule has 1 amide bonds. The minimum absolute atomic E-state index is 0.0386. The molecule has 1 aromatic heterocycles. The third kappa shape index (κ3) is 3.58. The van der Waals surface area contributed by atoms with E-state index in [1.54, 1.807) is 19.1 Å². The molecule has 1 aromatic carbocycles. The average molecular weight is 344 g/mol. The SMILES string of the molecule is COCCn1c(C)c(C)c2cc(C(=O)N(C)CC(O)C3CC3)ccc21. The van der Waals surface area contributed by atoms with Crippen molar-refractivity contribution in [2.75, 3.05) is 27.3 Å². The second-order valence-electron chi connectivity index (χ2n) is 7.18. The van der Waals surface area contributed by atoms with Crippen molar-refractivity contribution in [3.05, 3.63) is 35.0 Å². The van der Waals surface area contributed by atoms with E-state index in [-0.39, 0.29) is 5.91 Å². The van der Waals surface area contributed by atoms with E-state index in [4.69, 9.17) is 4.74 Å². The minimum Gasteiger partial charge on any atom is -0.391 e. The zero-order chi connectivity index (χ0) is 18.1. The van der Waals surface area contributed by atoms with Crippen LogP contribution in [0.5, 0.6) is 0 Å². The molecule has 1 aliphatic carbocycles. The van der Waals surface area contributed by atoms with E-state index in [2.05, 4.69) is 18.4 Å². The van der Waals surface area contributed by atoms with E-state index in [0.717, 1.165) is 30.3 Å². The number of amides is 1. The Morgan fingerprint density at radius 2 is 2.12 bits per heavy atom. The quantitative estimate of drug-likeness (QED) is 0.840. The molecule has 0 aliphatic heterocycles. The van der Waals surface area contributed by atoms with Gasteiger partial charge in [-0.05, 0) is 56.4 Å². The molecule has 1 saturated carbocycles. The van der Waals surface area contributed by atoms with Crippen LogP contribution in [-0.4, -0.2) is 53.9 Å². The Morgan fingerprint density at radius 1 is 1.40 bits per heavy atom. The number of fused-ring (bicyclic) bond motifs is 1. The summed E-state index contributed by atoms with van der Waals surface area (Å²) in [6.45, 7) is 6.05. The largest absolute Gasteiger partial charge is 0.391 e. The van der Waals surface area contributed by atoms with E-state index in [1.807, 2.05) is 18.2 Å². The summed E-state index contributed by atoms with van der Waals surface area (Å²) in [4.78, 5) is 14.4. The van der Waals surface area contributed by atoms with Crippen molar-refractivity contribution in [3.8, 4) is 0 Å². The predicted octanol–water partition coefficient (Wildman–Crippen LogP) is 2.75. The summed E-state index contributed by atoms with van der Waals surface area (Å²) in [6.07, 6.45) is 1.74. The highest BCUT2D eigenvalue weighted by Crippen LogP contribution is 2.33. The summed E-state index contributed by atoms with van der Waals surface area (Å²) in [5.41, 5.74) is 4.20. The molecule has 1 atom stereocenters. The Bertz CT molecular complexity index is 777. The summed E-state index contributed by atoms with van der Waals surface area (Å²) in [6, 6.07) is 5.87. The van der Waals surface area contributed by atoms with Crippen LogP contribution in [0, 0.1) is 19.8 Å². The van der Waals surface area contributed by atoms with Crippen molar-refractivity contribution in [2.45, 2.75) is 39.3 Å². The number of methoxy groups -OCH3 is 1. The van der Waals surface area contributed by atoms with Crippen molar-refractivity contribution in [3.63, 3.8) is 0 Å². The number of hydrogen-bond donors (Lipinski definition) is 1. The smallest absolute Gasteiger partial charge is 0.253 e. The molecule has 0 bridgehead atoms. The first-order valence-electron chi connectivity index (χ1n) is 8.96. The van der Waals surface area contributed by atoms with Gasteiger partial charge >= 0.3 is 0 Å². The summed E-state index contributed by atoms with van der Waals surface area (Å²) >= 11 is 0. The third-order valence-electron chi connectivity index (χ3n) is 5.38. The van der Waals surface area contributed by atoms with E-state index < -0.39 is 6.10 Å². The van der Waals surface area contributed by atoms with Crippen LogP contribution < -0.4 is 0 Å². The Morgan fingerprint density at radius 3 is 2.76 bits per heavy atom. The third-order valence-corrected chi connectivity index (χ3v) is 5.38. The summed E-state index contributed by atoms with van der Waals surface area (Å²) in [7, 11) is 3.47. The first-order chi connectivity index (χ1) is 11.9. The van der Waals surface area contributed by atoms with Gasteiger partial charge in [-0.25, -0.2) is 0 Å². The lowest BCUT2D eigenvalue weighted by atomic mass is 10.1. The van der Waals surface area contributed by atoms with Crippen LogP contribution >= 0.6 is 0 Å². The first-order valence-corrected chi connectivity index (χ1v) is 8.96. The van der Waals surface area contributed by atoms with Crippen LogP contribution in [0.1, 0.15) is 34.5 Å².